The molecule has 2 saturated carbocycles. The molecule has 122 valence electrons. The zero-order valence-corrected chi connectivity index (χ0v) is 13.9. The van der Waals surface area contributed by atoms with Crippen LogP contribution in [0.3, 0.4) is 0 Å². The molecule has 1 N–H and O–H groups in total. The van der Waals surface area contributed by atoms with E-state index in [1.807, 2.05) is 0 Å². The molecular weight excluding hydrogens is 258 g/mol. The van der Waals surface area contributed by atoms with Crippen molar-refractivity contribution in [3.05, 3.63) is 0 Å². The number of rotatable bonds is 4. The summed E-state index contributed by atoms with van der Waals surface area (Å²) in [6.07, 6.45) is 17.2. The van der Waals surface area contributed by atoms with Gasteiger partial charge in [0, 0.05) is 12.5 Å². The van der Waals surface area contributed by atoms with Crippen LogP contribution in [0.4, 0.5) is 0 Å². The van der Waals surface area contributed by atoms with Crippen LogP contribution in [0.25, 0.3) is 0 Å². The molecule has 2 aliphatic carbocycles. The Hall–Kier alpha value is -0.0800. The van der Waals surface area contributed by atoms with Gasteiger partial charge < -0.3 is 10.0 Å². The van der Waals surface area contributed by atoms with Crippen LogP contribution in [0.15, 0.2) is 0 Å². The van der Waals surface area contributed by atoms with Gasteiger partial charge >= 0.3 is 0 Å². The third-order valence-electron chi connectivity index (χ3n) is 6.47. The molecule has 1 aliphatic heterocycles. The molecule has 3 fully saturated rings. The highest BCUT2D eigenvalue weighted by Crippen LogP contribution is 2.43. The van der Waals surface area contributed by atoms with Crippen molar-refractivity contribution in [1.82, 2.24) is 4.90 Å². The molecular formula is C19H35NO. The second-order valence-corrected chi connectivity index (χ2v) is 8.12. The first kappa shape index (κ1) is 15.8. The molecule has 2 unspecified atom stereocenters. The lowest BCUT2D eigenvalue weighted by Crippen LogP contribution is -2.42. The maximum absolute atomic E-state index is 11.3. The van der Waals surface area contributed by atoms with Crippen LogP contribution in [-0.2, 0) is 0 Å². The van der Waals surface area contributed by atoms with Crippen LogP contribution in [-0.4, -0.2) is 35.2 Å². The fourth-order valence-corrected chi connectivity index (χ4v) is 5.18. The highest BCUT2D eigenvalue weighted by atomic mass is 16.3. The van der Waals surface area contributed by atoms with Gasteiger partial charge in [-0.05, 0) is 51.1 Å². The van der Waals surface area contributed by atoms with Gasteiger partial charge in [0.25, 0.3) is 0 Å². The molecule has 0 bridgehead atoms. The van der Waals surface area contributed by atoms with E-state index in [2.05, 4.69) is 4.90 Å². The first-order valence-corrected chi connectivity index (χ1v) is 9.71. The van der Waals surface area contributed by atoms with Crippen molar-refractivity contribution >= 4 is 0 Å². The average molecular weight is 293 g/mol. The largest absolute Gasteiger partial charge is 0.390 e. The van der Waals surface area contributed by atoms with Gasteiger partial charge in [0.1, 0.15) is 0 Å². The van der Waals surface area contributed by atoms with Crippen molar-refractivity contribution in [3.63, 3.8) is 0 Å². The lowest BCUT2D eigenvalue weighted by atomic mass is 9.76. The van der Waals surface area contributed by atoms with E-state index < -0.39 is 0 Å². The minimum Gasteiger partial charge on any atom is -0.390 e. The highest BCUT2D eigenvalue weighted by molar-refractivity contribution is 4.95. The van der Waals surface area contributed by atoms with Gasteiger partial charge in [-0.15, -0.1) is 0 Å². The Morgan fingerprint density at radius 2 is 1.48 bits per heavy atom. The van der Waals surface area contributed by atoms with Crippen LogP contribution in [0.2, 0.25) is 0 Å². The monoisotopic (exact) mass is 293 g/mol. The zero-order chi connectivity index (χ0) is 14.5. The molecule has 0 amide bonds. The summed E-state index contributed by atoms with van der Waals surface area (Å²) in [5.74, 6) is 1.37. The molecule has 0 aromatic rings. The van der Waals surface area contributed by atoms with E-state index in [4.69, 9.17) is 0 Å². The van der Waals surface area contributed by atoms with Gasteiger partial charge in [-0.3, -0.25) is 0 Å². The van der Waals surface area contributed by atoms with Crippen LogP contribution in [0.1, 0.15) is 83.5 Å². The fraction of sp³-hybridized carbons (Fsp3) is 1.00. The molecule has 3 rings (SSSR count). The third-order valence-corrected chi connectivity index (χ3v) is 6.47. The first-order chi connectivity index (χ1) is 10.3. The number of hydrogen-bond donors (Lipinski definition) is 1. The lowest BCUT2D eigenvalue weighted by Gasteiger charge is -2.37. The highest BCUT2D eigenvalue weighted by Gasteiger charge is 2.43. The summed E-state index contributed by atoms with van der Waals surface area (Å²) in [6, 6.07) is 0. The maximum Gasteiger partial charge on any atom is 0.0690 e. The topological polar surface area (TPSA) is 23.5 Å². The Kier molecular flexibility index (Phi) is 5.61. The van der Waals surface area contributed by atoms with Crippen molar-refractivity contribution in [2.75, 3.05) is 19.6 Å². The molecule has 0 aromatic carbocycles. The van der Waals surface area contributed by atoms with Crippen molar-refractivity contribution in [2.45, 2.75) is 89.1 Å². The first-order valence-electron chi connectivity index (χ1n) is 9.71. The normalized spacial score (nSPS) is 36.7. The third kappa shape index (κ3) is 4.22. The van der Waals surface area contributed by atoms with Crippen molar-refractivity contribution in [3.8, 4) is 0 Å². The second kappa shape index (κ2) is 7.46. The summed E-state index contributed by atoms with van der Waals surface area (Å²) in [5.41, 5.74) is -0.325. The molecule has 3 aliphatic rings. The van der Waals surface area contributed by atoms with Gasteiger partial charge in [0.15, 0.2) is 0 Å². The Bertz CT molecular complexity index is 305. The fourth-order valence-electron chi connectivity index (χ4n) is 5.18. The summed E-state index contributed by atoms with van der Waals surface area (Å²) < 4.78 is 0. The van der Waals surface area contributed by atoms with Crippen LogP contribution >= 0.6 is 0 Å². The van der Waals surface area contributed by atoms with Crippen molar-refractivity contribution < 1.29 is 5.11 Å². The predicted octanol–water partition coefficient (Wildman–Crippen LogP) is 4.36. The summed E-state index contributed by atoms with van der Waals surface area (Å²) in [4.78, 5) is 2.66. The van der Waals surface area contributed by atoms with E-state index in [1.54, 1.807) is 0 Å². The Morgan fingerprint density at radius 1 is 0.810 bits per heavy atom. The Labute approximate surface area is 131 Å². The lowest BCUT2D eigenvalue weighted by molar-refractivity contribution is -0.0342. The second-order valence-electron chi connectivity index (χ2n) is 8.12. The number of nitrogens with zero attached hydrogens (tertiary/aromatic N) is 1. The van der Waals surface area contributed by atoms with E-state index in [9.17, 15) is 5.11 Å². The summed E-state index contributed by atoms with van der Waals surface area (Å²) in [5, 5.41) is 11.3. The quantitative estimate of drug-likeness (QED) is 0.832. The molecule has 2 atom stereocenters. The number of hydrogen-bond acceptors (Lipinski definition) is 2. The van der Waals surface area contributed by atoms with Gasteiger partial charge in [0.05, 0.1) is 5.60 Å². The van der Waals surface area contributed by atoms with Crippen molar-refractivity contribution in [2.24, 2.45) is 11.8 Å². The summed E-state index contributed by atoms with van der Waals surface area (Å²) in [6.45, 7) is 3.72. The van der Waals surface area contributed by atoms with E-state index in [1.165, 1.54) is 90.3 Å². The number of likely N-dealkylation sites (tertiary alicyclic amines) is 1. The van der Waals surface area contributed by atoms with Gasteiger partial charge in [-0.25, -0.2) is 0 Å². The van der Waals surface area contributed by atoms with Gasteiger partial charge in [-0.2, -0.15) is 0 Å². The molecule has 2 nitrogen and oxygen atoms in total. The van der Waals surface area contributed by atoms with E-state index in [-0.39, 0.29) is 5.60 Å². The van der Waals surface area contributed by atoms with E-state index in [0.717, 1.165) is 18.8 Å². The van der Waals surface area contributed by atoms with Gasteiger partial charge in [-0.1, -0.05) is 51.4 Å². The molecule has 0 spiro atoms. The van der Waals surface area contributed by atoms with Crippen LogP contribution in [0, 0.1) is 11.8 Å². The van der Waals surface area contributed by atoms with Gasteiger partial charge in [0.2, 0.25) is 0 Å². The average Bonchev–Trinajstić information content (AvgIpc) is 2.69. The maximum atomic E-state index is 11.3. The van der Waals surface area contributed by atoms with E-state index >= 15 is 0 Å². The molecule has 0 radical (unpaired) electrons. The number of aliphatic hydroxyl groups is 1. The zero-order valence-electron chi connectivity index (χ0n) is 13.9. The summed E-state index contributed by atoms with van der Waals surface area (Å²) >= 11 is 0. The van der Waals surface area contributed by atoms with Crippen molar-refractivity contribution in [1.29, 1.82) is 0 Å². The Balaban J connectivity index is 1.55. The summed E-state index contributed by atoms with van der Waals surface area (Å²) in [7, 11) is 0. The minimum atomic E-state index is -0.325. The molecule has 21 heavy (non-hydrogen) atoms. The standard InChI is InChI=1S/C19H35NO/c21-19(15-17-9-4-3-5-10-17)12-8-11-18(19)16-20-13-6-1-2-7-14-20/h17-18,21H,1-16H2. The molecule has 1 saturated heterocycles. The van der Waals surface area contributed by atoms with Crippen LogP contribution in [0.5, 0.6) is 0 Å². The molecule has 1 heterocycles. The smallest absolute Gasteiger partial charge is 0.0690 e. The van der Waals surface area contributed by atoms with Crippen LogP contribution < -0.4 is 0 Å². The Morgan fingerprint density at radius 3 is 2.19 bits per heavy atom. The SMILES string of the molecule is OC1(CC2CCCCC2)CCCC1CN1CCCCCC1. The minimum absolute atomic E-state index is 0.325. The van der Waals surface area contributed by atoms with E-state index in [0.29, 0.717) is 5.92 Å². The molecule has 0 aromatic heterocycles. The predicted molar refractivity (Wildman–Crippen MR) is 88.4 cm³/mol. The molecule has 2 heteroatoms.